The Hall–Kier alpha value is -3.73. The molecule has 0 radical (unpaired) electrons. The second kappa shape index (κ2) is 15.6. The number of benzene rings is 3. The zero-order valence-corrected chi connectivity index (χ0v) is 23.4. The Morgan fingerprint density at radius 2 is 1.15 bits per heavy atom. The summed E-state index contributed by atoms with van der Waals surface area (Å²) in [6.07, 6.45) is 8.68. The number of unbranched alkanes of at least 4 members (excludes halogenated alkanes) is 5. The summed E-state index contributed by atoms with van der Waals surface area (Å²) in [6, 6.07) is 21.2. The number of hydrogen-bond acceptors (Lipinski definition) is 5. The molecule has 3 aromatic carbocycles. The van der Waals surface area contributed by atoms with Crippen molar-refractivity contribution in [3.63, 3.8) is 0 Å². The Morgan fingerprint density at radius 1 is 0.641 bits per heavy atom. The lowest BCUT2D eigenvalue weighted by molar-refractivity contribution is -0.134. The van der Waals surface area contributed by atoms with Gasteiger partial charge in [-0.15, -0.1) is 0 Å². The number of carbonyl (C=O) groups is 3. The van der Waals surface area contributed by atoms with Crippen LogP contribution in [0, 0.1) is 5.92 Å². The third-order valence-corrected chi connectivity index (χ3v) is 6.89. The molecule has 0 bridgehead atoms. The maximum atomic E-state index is 12.6. The van der Waals surface area contributed by atoms with E-state index < -0.39 is 5.97 Å². The molecule has 5 nitrogen and oxygen atoms in total. The summed E-state index contributed by atoms with van der Waals surface area (Å²) in [7, 11) is 0. The van der Waals surface area contributed by atoms with Gasteiger partial charge in [-0.2, -0.15) is 0 Å². The van der Waals surface area contributed by atoms with E-state index in [2.05, 4.69) is 20.8 Å². The first kappa shape index (κ1) is 29.8. The van der Waals surface area contributed by atoms with E-state index in [1.54, 1.807) is 48.5 Å². The second-order valence-corrected chi connectivity index (χ2v) is 10.1. The van der Waals surface area contributed by atoms with Gasteiger partial charge in [0.2, 0.25) is 0 Å². The Kier molecular flexibility index (Phi) is 11.9. The molecule has 0 fully saturated rings. The van der Waals surface area contributed by atoms with Gasteiger partial charge >= 0.3 is 11.9 Å². The number of Topliss-reactive ketones (excluding diaryl/α,β-unsaturated/α-hetero) is 1. The quantitative estimate of drug-likeness (QED) is 0.0853. The third-order valence-electron chi connectivity index (χ3n) is 6.89. The molecule has 0 N–H and O–H groups in total. The largest absolute Gasteiger partial charge is 0.427 e. The van der Waals surface area contributed by atoms with Crippen molar-refractivity contribution in [2.24, 2.45) is 5.92 Å². The molecule has 0 unspecified atom stereocenters. The summed E-state index contributed by atoms with van der Waals surface area (Å²) in [4.78, 5) is 37.0. The van der Waals surface area contributed by atoms with Gasteiger partial charge in [-0.25, -0.2) is 4.79 Å². The van der Waals surface area contributed by atoms with E-state index in [4.69, 9.17) is 9.47 Å². The van der Waals surface area contributed by atoms with E-state index in [1.165, 1.54) is 25.7 Å². The van der Waals surface area contributed by atoms with Crippen LogP contribution in [0.4, 0.5) is 0 Å². The monoisotopic (exact) mass is 528 g/mol. The van der Waals surface area contributed by atoms with Crippen LogP contribution in [0.3, 0.4) is 0 Å². The van der Waals surface area contributed by atoms with Crippen molar-refractivity contribution in [1.82, 2.24) is 0 Å². The van der Waals surface area contributed by atoms with Crippen LogP contribution in [0.5, 0.6) is 11.5 Å². The molecule has 0 aliphatic rings. The predicted octanol–water partition coefficient (Wildman–Crippen LogP) is 8.85. The van der Waals surface area contributed by atoms with E-state index in [-0.39, 0.29) is 11.8 Å². The first-order valence-electron chi connectivity index (χ1n) is 14.2. The summed E-state index contributed by atoms with van der Waals surface area (Å²) in [5.74, 6) is 0.694. The number of carbonyl (C=O) groups excluding carboxylic acids is 3. The highest BCUT2D eigenvalue weighted by atomic mass is 16.5. The van der Waals surface area contributed by atoms with E-state index in [0.717, 1.165) is 30.4 Å². The maximum Gasteiger partial charge on any atom is 0.343 e. The second-order valence-electron chi connectivity index (χ2n) is 10.1. The smallest absolute Gasteiger partial charge is 0.343 e. The van der Waals surface area contributed by atoms with Gasteiger partial charge in [-0.1, -0.05) is 83.6 Å². The highest BCUT2D eigenvalue weighted by Crippen LogP contribution is 2.24. The first-order valence-corrected chi connectivity index (χ1v) is 14.2. The fourth-order valence-corrected chi connectivity index (χ4v) is 4.20. The maximum absolute atomic E-state index is 12.6. The highest BCUT2D eigenvalue weighted by molar-refractivity contribution is 5.96. The van der Waals surface area contributed by atoms with Gasteiger partial charge < -0.3 is 9.47 Å². The summed E-state index contributed by atoms with van der Waals surface area (Å²) >= 11 is 0. The van der Waals surface area contributed by atoms with E-state index in [0.29, 0.717) is 41.4 Å². The summed E-state index contributed by atoms with van der Waals surface area (Å²) in [5.41, 5.74) is 2.93. The molecule has 0 aliphatic carbocycles. The van der Waals surface area contributed by atoms with Crippen LogP contribution in [0.1, 0.15) is 99.3 Å². The van der Waals surface area contributed by atoms with Crippen LogP contribution < -0.4 is 9.47 Å². The molecule has 5 heteroatoms. The molecular formula is C34H40O5. The van der Waals surface area contributed by atoms with Gasteiger partial charge in [0.05, 0.1) is 5.56 Å². The standard InChI is InChI=1S/C34H40O5/c1-4-6-7-8-9-10-11-33(36)38-30-20-16-27(17-21-30)26-12-14-29(15-13-26)34(37)39-31-22-18-28(19-23-31)32(35)24-25(3)5-2/h12-23,25H,4-11,24H2,1-3H3/t25-/m0/s1. The first-order chi connectivity index (χ1) is 18.9. The highest BCUT2D eigenvalue weighted by Gasteiger charge is 2.13. The van der Waals surface area contributed by atoms with Crippen LogP contribution in [-0.4, -0.2) is 17.7 Å². The molecule has 3 rings (SSSR count). The number of ketones is 1. The van der Waals surface area contributed by atoms with Crippen molar-refractivity contribution in [2.75, 3.05) is 0 Å². The minimum absolute atomic E-state index is 0.0946. The van der Waals surface area contributed by atoms with E-state index in [1.807, 2.05) is 24.3 Å². The van der Waals surface area contributed by atoms with Crippen LogP contribution in [0.15, 0.2) is 72.8 Å². The van der Waals surface area contributed by atoms with E-state index in [9.17, 15) is 14.4 Å². The molecule has 0 spiro atoms. The van der Waals surface area contributed by atoms with Gasteiger partial charge in [0.25, 0.3) is 0 Å². The van der Waals surface area contributed by atoms with E-state index >= 15 is 0 Å². The molecule has 206 valence electrons. The SMILES string of the molecule is CCCCCCCCC(=O)Oc1ccc(-c2ccc(C(=O)Oc3ccc(C(=O)C[C@@H](C)CC)cc3)cc2)cc1. The van der Waals surface area contributed by atoms with Crippen molar-refractivity contribution in [2.45, 2.75) is 78.6 Å². The fraction of sp³-hybridized carbons (Fsp3) is 0.382. The van der Waals surface area contributed by atoms with Crippen molar-refractivity contribution < 1.29 is 23.9 Å². The lowest BCUT2D eigenvalue weighted by atomic mass is 9.98. The van der Waals surface area contributed by atoms with Crippen LogP contribution in [0.25, 0.3) is 11.1 Å². The average molecular weight is 529 g/mol. The normalized spacial score (nSPS) is 11.6. The van der Waals surface area contributed by atoms with Crippen molar-refractivity contribution >= 4 is 17.7 Å². The van der Waals surface area contributed by atoms with Crippen molar-refractivity contribution in [3.05, 3.63) is 83.9 Å². The molecule has 0 saturated heterocycles. The molecular weight excluding hydrogens is 488 g/mol. The zero-order chi connectivity index (χ0) is 28.0. The molecule has 0 aliphatic heterocycles. The molecule has 0 saturated carbocycles. The lowest BCUT2D eigenvalue weighted by Gasteiger charge is -2.09. The predicted molar refractivity (Wildman–Crippen MR) is 155 cm³/mol. The topological polar surface area (TPSA) is 69.7 Å². The minimum atomic E-state index is -0.465. The van der Waals surface area contributed by atoms with Gasteiger partial charge in [0, 0.05) is 18.4 Å². The Labute approximate surface area is 232 Å². The lowest BCUT2D eigenvalue weighted by Crippen LogP contribution is -2.09. The average Bonchev–Trinajstić information content (AvgIpc) is 2.95. The van der Waals surface area contributed by atoms with Crippen LogP contribution in [0.2, 0.25) is 0 Å². The fourth-order valence-electron chi connectivity index (χ4n) is 4.20. The molecule has 3 aromatic rings. The summed E-state index contributed by atoms with van der Waals surface area (Å²) in [5, 5.41) is 0. The Bertz CT molecular complexity index is 1190. The summed E-state index contributed by atoms with van der Waals surface area (Å²) in [6.45, 7) is 6.32. The molecule has 39 heavy (non-hydrogen) atoms. The number of ether oxygens (including phenoxy) is 2. The van der Waals surface area contributed by atoms with Crippen molar-refractivity contribution in [3.8, 4) is 22.6 Å². The van der Waals surface area contributed by atoms with Crippen LogP contribution >= 0.6 is 0 Å². The van der Waals surface area contributed by atoms with Crippen molar-refractivity contribution in [1.29, 1.82) is 0 Å². The summed E-state index contributed by atoms with van der Waals surface area (Å²) < 4.78 is 11.0. The molecule has 0 aromatic heterocycles. The third kappa shape index (κ3) is 9.82. The molecule has 0 heterocycles. The minimum Gasteiger partial charge on any atom is -0.427 e. The van der Waals surface area contributed by atoms with Gasteiger partial charge in [-0.3, -0.25) is 9.59 Å². The Morgan fingerprint density at radius 3 is 1.77 bits per heavy atom. The Balaban J connectivity index is 1.49. The van der Waals surface area contributed by atoms with Gasteiger partial charge in [-0.05, 0) is 72.0 Å². The van der Waals surface area contributed by atoms with Gasteiger partial charge in [0.15, 0.2) is 5.78 Å². The van der Waals surface area contributed by atoms with Crippen LogP contribution in [-0.2, 0) is 4.79 Å². The number of rotatable bonds is 15. The zero-order valence-electron chi connectivity index (χ0n) is 23.4. The molecule has 0 amide bonds. The van der Waals surface area contributed by atoms with Gasteiger partial charge in [0.1, 0.15) is 11.5 Å². The number of hydrogen-bond donors (Lipinski definition) is 0. The molecule has 1 atom stereocenters. The number of esters is 2.